The van der Waals surface area contributed by atoms with Crippen molar-refractivity contribution in [2.75, 3.05) is 44.3 Å². The zero-order chi connectivity index (χ0) is 26.6. The minimum Gasteiger partial charge on any atom is -0.382 e. The summed E-state index contributed by atoms with van der Waals surface area (Å²) in [5.41, 5.74) is 6.59. The van der Waals surface area contributed by atoms with E-state index in [2.05, 4.69) is 37.2 Å². The van der Waals surface area contributed by atoms with Crippen molar-refractivity contribution in [3.05, 3.63) is 76.2 Å². The average Bonchev–Trinajstić information content (AvgIpc) is 2.86. The second-order valence-electron chi connectivity index (χ2n) is 8.85. The Hall–Kier alpha value is -4.01. The first-order valence-corrected chi connectivity index (χ1v) is 11.6. The number of nitrogen functional groups attached to an aromatic ring is 1. The summed E-state index contributed by atoms with van der Waals surface area (Å²) in [7, 11) is 1.99. The number of piperazine rings is 1. The van der Waals surface area contributed by atoms with Crippen LogP contribution < -0.4 is 11.1 Å². The first kappa shape index (κ1) is 26.1. The van der Waals surface area contributed by atoms with E-state index in [0.717, 1.165) is 19.2 Å². The van der Waals surface area contributed by atoms with Gasteiger partial charge in [-0.1, -0.05) is 12.0 Å². The van der Waals surface area contributed by atoms with Crippen LogP contribution >= 0.6 is 0 Å². The lowest BCUT2D eigenvalue weighted by molar-refractivity contribution is -0.138. The average molecular weight is 510 g/mol. The number of hydrogen-bond donors (Lipinski definition) is 2. The van der Waals surface area contributed by atoms with Crippen molar-refractivity contribution >= 4 is 17.4 Å². The van der Waals surface area contributed by atoms with E-state index in [1.54, 1.807) is 19.1 Å². The van der Waals surface area contributed by atoms with Crippen LogP contribution in [-0.4, -0.2) is 64.1 Å². The Bertz CT molecular complexity index is 1340. The monoisotopic (exact) mass is 509 g/mol. The van der Waals surface area contributed by atoms with Crippen LogP contribution in [0.4, 0.5) is 24.7 Å². The summed E-state index contributed by atoms with van der Waals surface area (Å²) in [5.74, 6) is 5.39. The number of aryl methyl sites for hydroxylation is 1. The molecule has 0 spiro atoms. The van der Waals surface area contributed by atoms with E-state index in [0.29, 0.717) is 30.0 Å². The molecule has 1 fully saturated rings. The van der Waals surface area contributed by atoms with Crippen LogP contribution in [0.2, 0.25) is 0 Å². The third-order valence-electron chi connectivity index (χ3n) is 6.02. The Morgan fingerprint density at radius 1 is 1.08 bits per heavy atom. The lowest BCUT2D eigenvalue weighted by Gasteiger charge is -2.33. The summed E-state index contributed by atoms with van der Waals surface area (Å²) in [5, 5.41) is 10.2. The van der Waals surface area contributed by atoms with E-state index < -0.39 is 17.6 Å². The van der Waals surface area contributed by atoms with Gasteiger partial charge >= 0.3 is 6.18 Å². The van der Waals surface area contributed by atoms with Crippen molar-refractivity contribution in [3.63, 3.8) is 0 Å². The Morgan fingerprint density at radius 2 is 1.84 bits per heavy atom. The molecule has 0 radical (unpaired) electrons. The summed E-state index contributed by atoms with van der Waals surface area (Å²) in [6.45, 7) is 4.93. The fourth-order valence-corrected chi connectivity index (χ4v) is 3.83. The van der Waals surface area contributed by atoms with Gasteiger partial charge < -0.3 is 16.0 Å². The van der Waals surface area contributed by atoms with Gasteiger partial charge in [0.15, 0.2) is 0 Å². The normalized spacial score (nSPS) is 14.6. The first-order chi connectivity index (χ1) is 17.6. The minimum absolute atomic E-state index is 0.0461. The number of likely N-dealkylation sites (N-methyl/N-ethyl adjacent to an activating group) is 1. The summed E-state index contributed by atoms with van der Waals surface area (Å²) >= 11 is 0. The molecule has 0 unspecified atom stereocenters. The number of halogens is 3. The molecule has 3 N–H and O–H groups in total. The van der Waals surface area contributed by atoms with E-state index in [1.165, 1.54) is 24.4 Å². The Morgan fingerprint density at radius 3 is 2.51 bits per heavy atom. The van der Waals surface area contributed by atoms with Crippen molar-refractivity contribution < 1.29 is 18.0 Å². The number of nitrogens with zero attached hydrogens (tertiary/aromatic N) is 5. The highest BCUT2D eigenvalue weighted by Crippen LogP contribution is 2.34. The number of hydrogen-bond acceptors (Lipinski definition) is 7. The van der Waals surface area contributed by atoms with Crippen molar-refractivity contribution in [1.82, 2.24) is 25.0 Å². The van der Waals surface area contributed by atoms with Gasteiger partial charge in [0.1, 0.15) is 11.5 Å². The molecule has 0 bridgehead atoms. The number of pyridine rings is 1. The van der Waals surface area contributed by atoms with Gasteiger partial charge in [-0.05, 0) is 55.8 Å². The van der Waals surface area contributed by atoms with Crippen LogP contribution in [0, 0.1) is 18.8 Å². The lowest BCUT2D eigenvalue weighted by atomic mass is 10.0. The molecular weight excluding hydrogens is 483 g/mol. The molecule has 1 saturated heterocycles. The fraction of sp³-hybridized carbons (Fsp3) is 0.308. The fourth-order valence-electron chi connectivity index (χ4n) is 3.83. The molecule has 3 aromatic rings. The number of benzene rings is 1. The summed E-state index contributed by atoms with van der Waals surface area (Å²) in [6, 6.07) is 8.60. The number of amides is 1. The van der Waals surface area contributed by atoms with E-state index in [9.17, 15) is 18.0 Å². The minimum atomic E-state index is -4.55. The Balaban J connectivity index is 1.52. The van der Waals surface area contributed by atoms with Gasteiger partial charge in [-0.25, -0.2) is 0 Å². The molecule has 1 aliphatic heterocycles. The molecule has 4 rings (SSSR count). The molecule has 1 aromatic carbocycles. The van der Waals surface area contributed by atoms with Gasteiger partial charge in [0, 0.05) is 50.2 Å². The quantitative estimate of drug-likeness (QED) is 0.521. The van der Waals surface area contributed by atoms with Crippen molar-refractivity contribution in [2.24, 2.45) is 0 Å². The topological polar surface area (TPSA) is 100 Å². The van der Waals surface area contributed by atoms with Gasteiger partial charge in [-0.15, -0.1) is 10.2 Å². The number of carbonyl (C=O) groups is 1. The molecule has 1 amide bonds. The standard InChI is InChI=1S/C26H26F3N7O/c1-17-18(3-5-21-7-8-24(30)34-33-21)13-20(15-31-17)25(37)32-22-6-4-19(23(14-22)26(27,28)29)16-36-11-9-35(2)10-12-36/h4,6-8,13-15H,9-12,16H2,1-2H3,(H2,30,34)(H,32,37). The second-order valence-corrected chi connectivity index (χ2v) is 8.85. The van der Waals surface area contributed by atoms with E-state index in [4.69, 9.17) is 5.73 Å². The van der Waals surface area contributed by atoms with Gasteiger partial charge in [0.25, 0.3) is 5.91 Å². The van der Waals surface area contributed by atoms with E-state index >= 15 is 0 Å². The molecule has 37 heavy (non-hydrogen) atoms. The third-order valence-corrected chi connectivity index (χ3v) is 6.02. The van der Waals surface area contributed by atoms with E-state index in [-0.39, 0.29) is 29.2 Å². The predicted octanol–water partition coefficient (Wildman–Crippen LogP) is 3.18. The number of carbonyl (C=O) groups excluding carboxylic acids is 1. The smallest absolute Gasteiger partial charge is 0.382 e. The predicted molar refractivity (Wildman–Crippen MR) is 134 cm³/mol. The highest BCUT2D eigenvalue weighted by molar-refractivity contribution is 6.04. The van der Waals surface area contributed by atoms with Crippen LogP contribution in [0.15, 0.2) is 42.6 Å². The maximum atomic E-state index is 13.9. The van der Waals surface area contributed by atoms with Gasteiger partial charge in [-0.3, -0.25) is 14.7 Å². The molecule has 11 heteroatoms. The summed E-state index contributed by atoms with van der Waals surface area (Å²) in [4.78, 5) is 21.2. The molecule has 8 nitrogen and oxygen atoms in total. The van der Waals surface area contributed by atoms with E-state index in [1.807, 2.05) is 11.9 Å². The molecule has 1 aliphatic rings. The maximum absolute atomic E-state index is 13.9. The lowest BCUT2D eigenvalue weighted by Crippen LogP contribution is -2.44. The molecular formula is C26H26F3N7O. The van der Waals surface area contributed by atoms with Gasteiger partial charge in [0.2, 0.25) is 0 Å². The number of anilines is 2. The van der Waals surface area contributed by atoms with Crippen LogP contribution in [0.5, 0.6) is 0 Å². The SMILES string of the molecule is Cc1ncc(C(=O)Nc2ccc(CN3CCN(C)CC3)c(C(F)(F)F)c2)cc1C#Cc1ccc(N)nn1. The zero-order valence-corrected chi connectivity index (χ0v) is 20.4. The number of nitrogens with one attached hydrogen (secondary N) is 1. The van der Waals surface area contributed by atoms with Crippen LogP contribution in [-0.2, 0) is 12.7 Å². The second kappa shape index (κ2) is 10.9. The highest BCUT2D eigenvalue weighted by atomic mass is 19.4. The van der Waals surface area contributed by atoms with Gasteiger partial charge in [0.05, 0.1) is 16.8 Å². The molecule has 0 saturated carbocycles. The summed E-state index contributed by atoms with van der Waals surface area (Å²) in [6.07, 6.45) is -3.20. The Labute approximate surface area is 212 Å². The molecule has 2 aromatic heterocycles. The maximum Gasteiger partial charge on any atom is 0.416 e. The molecule has 192 valence electrons. The van der Waals surface area contributed by atoms with Crippen molar-refractivity contribution in [1.29, 1.82) is 0 Å². The molecule has 0 atom stereocenters. The van der Waals surface area contributed by atoms with Crippen molar-refractivity contribution in [2.45, 2.75) is 19.6 Å². The largest absolute Gasteiger partial charge is 0.416 e. The van der Waals surface area contributed by atoms with Crippen LogP contribution in [0.25, 0.3) is 0 Å². The number of alkyl halides is 3. The number of rotatable bonds is 4. The zero-order valence-electron chi connectivity index (χ0n) is 20.4. The third kappa shape index (κ3) is 6.81. The van der Waals surface area contributed by atoms with Gasteiger partial charge in [-0.2, -0.15) is 13.2 Å². The van der Waals surface area contributed by atoms with Crippen LogP contribution in [0.1, 0.15) is 38.4 Å². The number of aromatic nitrogens is 3. The first-order valence-electron chi connectivity index (χ1n) is 11.6. The highest BCUT2D eigenvalue weighted by Gasteiger charge is 2.34. The number of nitrogens with two attached hydrogens (primary N) is 1. The summed E-state index contributed by atoms with van der Waals surface area (Å²) < 4.78 is 41.6. The molecule has 3 heterocycles. The van der Waals surface area contributed by atoms with Crippen molar-refractivity contribution in [3.8, 4) is 11.8 Å². The van der Waals surface area contributed by atoms with Crippen LogP contribution in [0.3, 0.4) is 0 Å². The Kier molecular flexibility index (Phi) is 7.71. The molecule has 0 aliphatic carbocycles.